The summed E-state index contributed by atoms with van der Waals surface area (Å²) in [4.78, 5) is 17.1. The second kappa shape index (κ2) is 7.10. The Morgan fingerprint density at radius 1 is 1.21 bits per heavy atom. The van der Waals surface area contributed by atoms with Crippen LogP contribution < -0.4 is 19.5 Å². The van der Waals surface area contributed by atoms with Crippen LogP contribution in [0, 0.1) is 0 Å². The fourth-order valence-electron chi connectivity index (χ4n) is 2.83. The first-order valence-electron chi connectivity index (χ1n) is 8.51. The van der Waals surface area contributed by atoms with E-state index in [0.29, 0.717) is 18.0 Å². The molecule has 148 valence electrons. The standard InChI is InChI=1S/C18H16F3N3O4/c19-18(20,21)15-2-1-3-16(23-15)28-12-8-24(9-12)17(25)22-7-11-4-5-13-14(6-11)27-10-26-13/h1-6,12H,7-10H2,(H,22,25). The number of carbonyl (C=O) groups is 1. The number of nitrogens with zero attached hydrogens (tertiary/aromatic N) is 2. The Balaban J connectivity index is 1.24. The van der Waals surface area contributed by atoms with Gasteiger partial charge in [-0.15, -0.1) is 0 Å². The van der Waals surface area contributed by atoms with Crippen LogP contribution in [-0.2, 0) is 12.7 Å². The molecule has 1 aromatic heterocycles. The molecule has 0 unspecified atom stereocenters. The van der Waals surface area contributed by atoms with Crippen molar-refractivity contribution in [2.24, 2.45) is 0 Å². The number of alkyl halides is 3. The first kappa shape index (κ1) is 18.2. The summed E-state index contributed by atoms with van der Waals surface area (Å²) < 4.78 is 54.0. The number of likely N-dealkylation sites (tertiary alicyclic amines) is 1. The van der Waals surface area contributed by atoms with Gasteiger partial charge in [-0.3, -0.25) is 0 Å². The molecule has 0 radical (unpaired) electrons. The first-order valence-corrected chi connectivity index (χ1v) is 8.51. The van der Waals surface area contributed by atoms with Crippen LogP contribution in [0.4, 0.5) is 18.0 Å². The molecule has 4 rings (SSSR count). The van der Waals surface area contributed by atoms with E-state index in [-0.39, 0.29) is 31.8 Å². The zero-order valence-electron chi connectivity index (χ0n) is 14.5. The number of aromatic nitrogens is 1. The number of nitrogens with one attached hydrogen (secondary N) is 1. The summed E-state index contributed by atoms with van der Waals surface area (Å²) in [6, 6.07) is 8.59. The molecule has 1 fully saturated rings. The van der Waals surface area contributed by atoms with Gasteiger partial charge in [0.2, 0.25) is 12.7 Å². The van der Waals surface area contributed by atoms with Gasteiger partial charge < -0.3 is 24.4 Å². The summed E-state index contributed by atoms with van der Waals surface area (Å²) in [5.74, 6) is 1.19. The fraction of sp³-hybridized carbons (Fsp3) is 0.333. The van der Waals surface area contributed by atoms with Gasteiger partial charge in [0.15, 0.2) is 11.5 Å². The number of carbonyl (C=O) groups excluding carboxylic acids is 1. The van der Waals surface area contributed by atoms with Crippen molar-refractivity contribution >= 4 is 6.03 Å². The highest BCUT2D eigenvalue weighted by Crippen LogP contribution is 2.32. The Morgan fingerprint density at radius 3 is 2.79 bits per heavy atom. The highest BCUT2D eigenvalue weighted by Gasteiger charge is 2.35. The van der Waals surface area contributed by atoms with Crippen LogP contribution in [0.5, 0.6) is 17.4 Å². The third kappa shape index (κ3) is 3.90. The SMILES string of the molecule is O=C(NCc1ccc2c(c1)OCO2)N1CC(Oc2cccc(C(F)(F)F)n2)C1. The van der Waals surface area contributed by atoms with E-state index in [1.54, 1.807) is 12.1 Å². The largest absolute Gasteiger partial charge is 0.471 e. The van der Waals surface area contributed by atoms with Crippen molar-refractivity contribution in [3.05, 3.63) is 47.7 Å². The monoisotopic (exact) mass is 395 g/mol. The summed E-state index contributed by atoms with van der Waals surface area (Å²) in [6.07, 6.45) is -4.92. The lowest BCUT2D eigenvalue weighted by atomic mass is 10.2. The lowest BCUT2D eigenvalue weighted by Crippen LogP contribution is -2.58. The predicted octanol–water partition coefficient (Wildman–Crippen LogP) is 2.80. The molecule has 0 aliphatic carbocycles. The van der Waals surface area contributed by atoms with Gasteiger partial charge in [-0.1, -0.05) is 12.1 Å². The minimum absolute atomic E-state index is 0.111. The van der Waals surface area contributed by atoms with E-state index >= 15 is 0 Å². The van der Waals surface area contributed by atoms with Gasteiger partial charge in [-0.05, 0) is 23.8 Å². The number of ether oxygens (including phenoxy) is 3. The smallest absolute Gasteiger partial charge is 0.433 e. The number of rotatable bonds is 4. The summed E-state index contributed by atoms with van der Waals surface area (Å²) in [5, 5.41) is 2.78. The van der Waals surface area contributed by atoms with Crippen LogP contribution in [0.1, 0.15) is 11.3 Å². The zero-order valence-corrected chi connectivity index (χ0v) is 14.5. The van der Waals surface area contributed by atoms with E-state index in [4.69, 9.17) is 14.2 Å². The molecule has 3 heterocycles. The third-order valence-corrected chi connectivity index (χ3v) is 4.32. The maximum Gasteiger partial charge on any atom is 0.433 e. The molecule has 2 aliphatic rings. The lowest BCUT2D eigenvalue weighted by Gasteiger charge is -2.38. The zero-order chi connectivity index (χ0) is 19.7. The molecule has 1 aromatic carbocycles. The number of amides is 2. The summed E-state index contributed by atoms with van der Waals surface area (Å²) in [6.45, 7) is 1.03. The molecule has 1 saturated heterocycles. The average molecular weight is 395 g/mol. The molecular formula is C18H16F3N3O4. The molecule has 28 heavy (non-hydrogen) atoms. The number of hydrogen-bond donors (Lipinski definition) is 1. The molecule has 1 N–H and O–H groups in total. The molecular weight excluding hydrogens is 379 g/mol. The molecule has 0 spiro atoms. The summed E-state index contributed by atoms with van der Waals surface area (Å²) in [7, 11) is 0. The molecule has 10 heteroatoms. The van der Waals surface area contributed by atoms with Crippen LogP contribution >= 0.6 is 0 Å². The minimum atomic E-state index is -4.53. The average Bonchev–Trinajstić information content (AvgIpc) is 3.09. The molecule has 7 nitrogen and oxygen atoms in total. The van der Waals surface area contributed by atoms with Gasteiger partial charge in [0.25, 0.3) is 0 Å². The van der Waals surface area contributed by atoms with Crippen molar-refractivity contribution in [3.63, 3.8) is 0 Å². The third-order valence-electron chi connectivity index (χ3n) is 4.32. The van der Waals surface area contributed by atoms with E-state index in [0.717, 1.165) is 11.6 Å². The molecule has 0 saturated carbocycles. The Labute approximate surface area is 158 Å². The van der Waals surface area contributed by atoms with Gasteiger partial charge in [-0.2, -0.15) is 13.2 Å². The van der Waals surface area contributed by atoms with E-state index in [9.17, 15) is 18.0 Å². The van der Waals surface area contributed by atoms with E-state index in [1.165, 1.54) is 17.0 Å². The van der Waals surface area contributed by atoms with Gasteiger partial charge in [-0.25, -0.2) is 9.78 Å². The van der Waals surface area contributed by atoms with Crippen molar-refractivity contribution < 1.29 is 32.2 Å². The van der Waals surface area contributed by atoms with E-state index < -0.39 is 18.0 Å². The highest BCUT2D eigenvalue weighted by atomic mass is 19.4. The minimum Gasteiger partial charge on any atom is -0.471 e. The predicted molar refractivity (Wildman–Crippen MR) is 90.0 cm³/mol. The quantitative estimate of drug-likeness (QED) is 0.862. The molecule has 0 bridgehead atoms. The van der Waals surface area contributed by atoms with Gasteiger partial charge in [0, 0.05) is 12.6 Å². The van der Waals surface area contributed by atoms with Gasteiger partial charge >= 0.3 is 12.2 Å². The van der Waals surface area contributed by atoms with Crippen molar-refractivity contribution in [1.82, 2.24) is 15.2 Å². The normalized spacial score (nSPS) is 15.9. The number of urea groups is 1. The van der Waals surface area contributed by atoms with Crippen LogP contribution in [-0.4, -0.2) is 41.9 Å². The second-order valence-electron chi connectivity index (χ2n) is 6.35. The second-order valence-corrected chi connectivity index (χ2v) is 6.35. The highest BCUT2D eigenvalue weighted by molar-refractivity contribution is 5.75. The van der Waals surface area contributed by atoms with Crippen molar-refractivity contribution in [3.8, 4) is 17.4 Å². The Morgan fingerprint density at radius 2 is 2.00 bits per heavy atom. The summed E-state index contributed by atoms with van der Waals surface area (Å²) >= 11 is 0. The topological polar surface area (TPSA) is 72.9 Å². The van der Waals surface area contributed by atoms with Crippen molar-refractivity contribution in [1.29, 1.82) is 0 Å². The first-order chi connectivity index (χ1) is 13.4. The number of hydrogen-bond acceptors (Lipinski definition) is 5. The lowest BCUT2D eigenvalue weighted by molar-refractivity contribution is -0.141. The number of pyridine rings is 1. The summed E-state index contributed by atoms with van der Waals surface area (Å²) in [5.41, 5.74) is -0.151. The van der Waals surface area contributed by atoms with Crippen LogP contribution in [0.15, 0.2) is 36.4 Å². The van der Waals surface area contributed by atoms with Gasteiger partial charge in [0.1, 0.15) is 11.8 Å². The van der Waals surface area contributed by atoms with Crippen molar-refractivity contribution in [2.75, 3.05) is 19.9 Å². The van der Waals surface area contributed by atoms with E-state index in [2.05, 4.69) is 10.3 Å². The molecule has 0 atom stereocenters. The van der Waals surface area contributed by atoms with Crippen LogP contribution in [0.3, 0.4) is 0 Å². The Bertz CT molecular complexity index is 885. The Hall–Kier alpha value is -3.17. The maximum atomic E-state index is 12.7. The molecule has 2 aromatic rings. The van der Waals surface area contributed by atoms with Crippen molar-refractivity contribution in [2.45, 2.75) is 18.8 Å². The van der Waals surface area contributed by atoms with Crippen LogP contribution in [0.2, 0.25) is 0 Å². The molecule has 2 amide bonds. The number of benzene rings is 1. The number of fused-ring (bicyclic) bond motifs is 1. The van der Waals surface area contributed by atoms with E-state index in [1.807, 2.05) is 6.07 Å². The maximum absolute atomic E-state index is 12.7. The van der Waals surface area contributed by atoms with Gasteiger partial charge in [0.05, 0.1) is 13.1 Å². The number of halogens is 3. The Kier molecular flexibility index (Phi) is 4.62. The molecule has 2 aliphatic heterocycles. The fourth-order valence-corrected chi connectivity index (χ4v) is 2.83. The van der Waals surface area contributed by atoms with Crippen LogP contribution in [0.25, 0.3) is 0 Å².